The van der Waals surface area contributed by atoms with E-state index in [2.05, 4.69) is 73.7 Å². The van der Waals surface area contributed by atoms with E-state index in [0.717, 1.165) is 11.8 Å². The van der Waals surface area contributed by atoms with Gasteiger partial charge < -0.3 is 0 Å². The Bertz CT molecular complexity index is 598. The molecule has 120 valence electrons. The first-order chi connectivity index (χ1) is 11.4. The number of hydrogen-bond acceptors (Lipinski definition) is 0. The molecule has 2 aromatic carbocycles. The Morgan fingerprint density at radius 1 is 0.826 bits per heavy atom. The van der Waals surface area contributed by atoms with E-state index in [-0.39, 0.29) is 0 Å². The molecule has 1 aliphatic carbocycles. The summed E-state index contributed by atoms with van der Waals surface area (Å²) >= 11 is 0. The van der Waals surface area contributed by atoms with Gasteiger partial charge in [0, 0.05) is 0 Å². The van der Waals surface area contributed by atoms with E-state index >= 15 is 0 Å². The fourth-order valence-electron chi connectivity index (χ4n) is 3.68. The van der Waals surface area contributed by atoms with Crippen LogP contribution in [0.4, 0.5) is 0 Å². The van der Waals surface area contributed by atoms with Gasteiger partial charge in [0.05, 0.1) is 0 Å². The minimum Gasteiger partial charge on any atom is -0.0883 e. The zero-order valence-corrected chi connectivity index (χ0v) is 14.2. The number of allylic oxidation sites excluding steroid dienone is 2. The van der Waals surface area contributed by atoms with Crippen LogP contribution in [0.3, 0.4) is 0 Å². The molecule has 0 aromatic heterocycles. The normalized spacial score (nSPS) is 21.6. The molecule has 1 saturated carbocycles. The van der Waals surface area contributed by atoms with Crippen molar-refractivity contribution in [3.63, 3.8) is 0 Å². The van der Waals surface area contributed by atoms with Crippen LogP contribution < -0.4 is 0 Å². The highest BCUT2D eigenvalue weighted by Gasteiger charge is 2.20. The van der Waals surface area contributed by atoms with Crippen molar-refractivity contribution in [3.05, 3.63) is 72.3 Å². The van der Waals surface area contributed by atoms with Crippen molar-refractivity contribution in [3.8, 4) is 11.1 Å². The van der Waals surface area contributed by atoms with E-state index in [0.29, 0.717) is 0 Å². The van der Waals surface area contributed by atoms with Crippen molar-refractivity contribution in [2.45, 2.75) is 51.4 Å². The number of rotatable bonds is 5. The SMILES string of the molecule is CCCC=CC1CCC(c2ccc(-c3ccccc3)cc2)CC1. The van der Waals surface area contributed by atoms with E-state index in [4.69, 9.17) is 0 Å². The fraction of sp³-hybridized carbons (Fsp3) is 0.391. The summed E-state index contributed by atoms with van der Waals surface area (Å²) in [6, 6.07) is 19.9. The molecule has 0 saturated heterocycles. The van der Waals surface area contributed by atoms with Gasteiger partial charge >= 0.3 is 0 Å². The first kappa shape index (κ1) is 16.1. The summed E-state index contributed by atoms with van der Waals surface area (Å²) in [6.07, 6.45) is 12.7. The van der Waals surface area contributed by atoms with Gasteiger partial charge in [-0.15, -0.1) is 0 Å². The van der Waals surface area contributed by atoms with Crippen LogP contribution in [-0.4, -0.2) is 0 Å². The number of hydrogen-bond donors (Lipinski definition) is 0. The lowest BCUT2D eigenvalue weighted by Crippen LogP contribution is -2.11. The highest BCUT2D eigenvalue weighted by Crippen LogP contribution is 2.37. The van der Waals surface area contributed by atoms with Crippen LogP contribution in [0.15, 0.2) is 66.7 Å². The summed E-state index contributed by atoms with van der Waals surface area (Å²) in [7, 11) is 0. The second-order valence-electron chi connectivity index (χ2n) is 6.82. The molecule has 0 N–H and O–H groups in total. The maximum absolute atomic E-state index is 2.47. The predicted molar refractivity (Wildman–Crippen MR) is 101 cm³/mol. The molecule has 1 aliphatic rings. The second kappa shape index (κ2) is 8.15. The lowest BCUT2D eigenvalue weighted by molar-refractivity contribution is 0.375. The zero-order chi connectivity index (χ0) is 15.9. The summed E-state index contributed by atoms with van der Waals surface area (Å²) < 4.78 is 0. The van der Waals surface area contributed by atoms with E-state index in [1.54, 1.807) is 0 Å². The van der Waals surface area contributed by atoms with E-state index in [1.165, 1.54) is 55.2 Å². The molecule has 0 bridgehead atoms. The maximum Gasteiger partial charge on any atom is -0.0162 e. The summed E-state index contributed by atoms with van der Waals surface area (Å²) in [5.74, 6) is 1.58. The molecular formula is C23H28. The molecule has 3 rings (SSSR count). The van der Waals surface area contributed by atoms with Gasteiger partial charge in [-0.2, -0.15) is 0 Å². The Morgan fingerprint density at radius 2 is 1.48 bits per heavy atom. The van der Waals surface area contributed by atoms with Crippen molar-refractivity contribution >= 4 is 0 Å². The first-order valence-electron chi connectivity index (χ1n) is 9.19. The highest BCUT2D eigenvalue weighted by atomic mass is 14.3. The average Bonchev–Trinajstić information content (AvgIpc) is 2.63. The quantitative estimate of drug-likeness (QED) is 0.522. The maximum atomic E-state index is 2.47. The molecule has 0 heterocycles. The smallest absolute Gasteiger partial charge is 0.0162 e. The summed E-state index contributed by atoms with van der Waals surface area (Å²) in [6.45, 7) is 2.25. The summed E-state index contributed by atoms with van der Waals surface area (Å²) in [4.78, 5) is 0. The molecule has 0 atom stereocenters. The van der Waals surface area contributed by atoms with E-state index in [9.17, 15) is 0 Å². The third kappa shape index (κ3) is 4.34. The first-order valence-corrected chi connectivity index (χ1v) is 9.19. The van der Waals surface area contributed by atoms with Crippen LogP contribution in [0.5, 0.6) is 0 Å². The lowest BCUT2D eigenvalue weighted by atomic mass is 9.78. The number of unbranched alkanes of at least 4 members (excludes halogenated alkanes) is 1. The molecule has 0 amide bonds. The van der Waals surface area contributed by atoms with Gasteiger partial charge in [-0.1, -0.05) is 80.1 Å². The highest BCUT2D eigenvalue weighted by molar-refractivity contribution is 5.63. The Hall–Kier alpha value is -1.82. The Balaban J connectivity index is 1.59. The summed E-state index contributed by atoms with van der Waals surface area (Å²) in [5.41, 5.74) is 4.16. The lowest BCUT2D eigenvalue weighted by Gasteiger charge is -2.27. The molecule has 0 heteroatoms. The summed E-state index contributed by atoms with van der Waals surface area (Å²) in [5, 5.41) is 0. The zero-order valence-electron chi connectivity index (χ0n) is 14.2. The molecule has 0 nitrogen and oxygen atoms in total. The van der Waals surface area contributed by atoms with Crippen LogP contribution in [0, 0.1) is 5.92 Å². The van der Waals surface area contributed by atoms with Gasteiger partial charge in [-0.25, -0.2) is 0 Å². The van der Waals surface area contributed by atoms with Crippen molar-refractivity contribution in [1.82, 2.24) is 0 Å². The third-order valence-corrected chi connectivity index (χ3v) is 5.12. The van der Waals surface area contributed by atoms with Gasteiger partial charge in [-0.05, 0) is 60.6 Å². The Morgan fingerprint density at radius 3 is 2.13 bits per heavy atom. The van der Waals surface area contributed by atoms with Crippen LogP contribution in [-0.2, 0) is 0 Å². The number of benzene rings is 2. The Labute approximate surface area is 141 Å². The van der Waals surface area contributed by atoms with Crippen LogP contribution in [0.2, 0.25) is 0 Å². The van der Waals surface area contributed by atoms with Crippen LogP contribution in [0.1, 0.15) is 56.9 Å². The standard InChI is InChI=1S/C23H28/c1-2-3-5-8-19-11-13-21(14-12-19)23-17-15-22(16-18-23)20-9-6-4-7-10-20/h4-10,15-19,21H,2-3,11-14H2,1H3. The van der Waals surface area contributed by atoms with Crippen molar-refractivity contribution in [2.75, 3.05) is 0 Å². The van der Waals surface area contributed by atoms with E-state index < -0.39 is 0 Å². The van der Waals surface area contributed by atoms with Gasteiger partial charge in [0.15, 0.2) is 0 Å². The second-order valence-corrected chi connectivity index (χ2v) is 6.82. The van der Waals surface area contributed by atoms with Crippen molar-refractivity contribution < 1.29 is 0 Å². The largest absolute Gasteiger partial charge is 0.0883 e. The van der Waals surface area contributed by atoms with Crippen molar-refractivity contribution in [2.24, 2.45) is 5.92 Å². The molecule has 1 fully saturated rings. The van der Waals surface area contributed by atoms with Gasteiger partial charge in [-0.3, -0.25) is 0 Å². The van der Waals surface area contributed by atoms with Gasteiger partial charge in [0.1, 0.15) is 0 Å². The van der Waals surface area contributed by atoms with Crippen LogP contribution >= 0.6 is 0 Å². The van der Waals surface area contributed by atoms with Gasteiger partial charge in [0.2, 0.25) is 0 Å². The van der Waals surface area contributed by atoms with E-state index in [1.807, 2.05) is 0 Å². The molecular weight excluding hydrogens is 276 g/mol. The molecule has 2 aromatic rings. The monoisotopic (exact) mass is 304 g/mol. The molecule has 0 spiro atoms. The minimum atomic E-state index is 0.760. The minimum absolute atomic E-state index is 0.760. The van der Waals surface area contributed by atoms with Crippen LogP contribution in [0.25, 0.3) is 11.1 Å². The predicted octanol–water partition coefficient (Wildman–Crippen LogP) is 6.98. The topological polar surface area (TPSA) is 0 Å². The fourth-order valence-corrected chi connectivity index (χ4v) is 3.68. The molecule has 0 aliphatic heterocycles. The van der Waals surface area contributed by atoms with Crippen molar-refractivity contribution in [1.29, 1.82) is 0 Å². The molecule has 23 heavy (non-hydrogen) atoms. The Kier molecular flexibility index (Phi) is 5.69. The molecule has 0 radical (unpaired) electrons. The van der Waals surface area contributed by atoms with Gasteiger partial charge in [0.25, 0.3) is 0 Å². The third-order valence-electron chi connectivity index (χ3n) is 5.12. The average molecular weight is 304 g/mol. The molecule has 0 unspecified atom stereocenters.